The van der Waals surface area contributed by atoms with Gasteiger partial charge in [-0.2, -0.15) is 5.26 Å². The zero-order valence-corrected chi connectivity index (χ0v) is 14.4. The van der Waals surface area contributed by atoms with E-state index in [9.17, 15) is 4.79 Å². The molecular formula is C20H20N2O3. The van der Waals surface area contributed by atoms with Crippen LogP contribution in [-0.2, 0) is 17.8 Å². The van der Waals surface area contributed by atoms with E-state index in [-0.39, 0.29) is 18.7 Å². The van der Waals surface area contributed by atoms with Gasteiger partial charge in [-0.15, -0.1) is 0 Å². The molecule has 5 heteroatoms. The average molecular weight is 336 g/mol. The summed E-state index contributed by atoms with van der Waals surface area (Å²) >= 11 is 0. The first-order valence-corrected chi connectivity index (χ1v) is 8.24. The van der Waals surface area contributed by atoms with Crippen molar-refractivity contribution < 1.29 is 14.3 Å². The third-order valence-electron chi connectivity index (χ3n) is 4.17. The first kappa shape index (κ1) is 16.8. The molecule has 0 bridgehead atoms. The molecule has 0 fully saturated rings. The molecule has 0 spiro atoms. The number of benzene rings is 2. The standard InChI is InChI=1S/C20H20N2O3/c1-14(2)22(12-16-5-3-15(11-21)4-6-16)20(23)10-17-7-8-18-19(9-17)25-13-24-18/h3-9,14H,10,12-13H2,1-2H3. The van der Waals surface area contributed by atoms with Crippen molar-refractivity contribution in [2.24, 2.45) is 0 Å². The van der Waals surface area contributed by atoms with Crippen LogP contribution in [0.1, 0.15) is 30.5 Å². The van der Waals surface area contributed by atoms with Crippen molar-refractivity contribution in [1.29, 1.82) is 5.26 Å². The van der Waals surface area contributed by atoms with E-state index in [4.69, 9.17) is 14.7 Å². The summed E-state index contributed by atoms with van der Waals surface area (Å²) in [5.74, 6) is 1.46. The van der Waals surface area contributed by atoms with E-state index in [1.807, 2.05) is 49.1 Å². The maximum absolute atomic E-state index is 12.8. The molecule has 1 heterocycles. The SMILES string of the molecule is CC(C)N(Cc1ccc(C#N)cc1)C(=O)Cc1ccc2c(c1)OCO2. The highest BCUT2D eigenvalue weighted by atomic mass is 16.7. The van der Waals surface area contributed by atoms with E-state index in [0.29, 0.717) is 24.3 Å². The molecule has 5 nitrogen and oxygen atoms in total. The quantitative estimate of drug-likeness (QED) is 0.841. The Morgan fingerprint density at radius 1 is 1.12 bits per heavy atom. The summed E-state index contributed by atoms with van der Waals surface area (Å²) in [4.78, 5) is 14.6. The van der Waals surface area contributed by atoms with Crippen molar-refractivity contribution >= 4 is 5.91 Å². The van der Waals surface area contributed by atoms with Crippen molar-refractivity contribution in [2.75, 3.05) is 6.79 Å². The molecule has 1 amide bonds. The molecule has 25 heavy (non-hydrogen) atoms. The summed E-state index contributed by atoms with van der Waals surface area (Å²) in [6.45, 7) is 4.75. The number of nitriles is 1. The minimum Gasteiger partial charge on any atom is -0.454 e. The Kier molecular flexibility index (Phi) is 4.90. The Morgan fingerprint density at radius 3 is 2.48 bits per heavy atom. The highest BCUT2D eigenvalue weighted by Crippen LogP contribution is 2.32. The summed E-state index contributed by atoms with van der Waals surface area (Å²) in [6.07, 6.45) is 0.311. The average Bonchev–Trinajstić information content (AvgIpc) is 3.07. The number of fused-ring (bicyclic) bond motifs is 1. The molecule has 0 aromatic heterocycles. The largest absolute Gasteiger partial charge is 0.454 e. The van der Waals surface area contributed by atoms with Gasteiger partial charge in [0.1, 0.15) is 0 Å². The second-order valence-electron chi connectivity index (χ2n) is 6.29. The maximum Gasteiger partial charge on any atom is 0.231 e. The van der Waals surface area contributed by atoms with Crippen molar-refractivity contribution in [3.63, 3.8) is 0 Å². The number of amides is 1. The summed E-state index contributed by atoms with van der Waals surface area (Å²) in [6, 6.07) is 15.1. The van der Waals surface area contributed by atoms with Crippen LogP contribution in [0.2, 0.25) is 0 Å². The van der Waals surface area contributed by atoms with E-state index in [1.165, 1.54) is 0 Å². The van der Waals surface area contributed by atoms with Gasteiger partial charge in [0.25, 0.3) is 0 Å². The van der Waals surface area contributed by atoms with Crippen molar-refractivity contribution in [3.05, 3.63) is 59.2 Å². The summed E-state index contributed by atoms with van der Waals surface area (Å²) in [5, 5.41) is 8.88. The van der Waals surface area contributed by atoms with Gasteiger partial charge in [0, 0.05) is 12.6 Å². The molecule has 2 aromatic carbocycles. The zero-order chi connectivity index (χ0) is 17.8. The maximum atomic E-state index is 12.8. The molecule has 0 radical (unpaired) electrons. The minimum absolute atomic E-state index is 0.0539. The Bertz CT molecular complexity index is 807. The lowest BCUT2D eigenvalue weighted by atomic mass is 10.1. The van der Waals surface area contributed by atoms with Gasteiger partial charge >= 0.3 is 0 Å². The molecule has 1 aliphatic heterocycles. The van der Waals surface area contributed by atoms with Crippen molar-refractivity contribution in [3.8, 4) is 17.6 Å². The number of carbonyl (C=O) groups excluding carboxylic acids is 1. The van der Waals surface area contributed by atoms with Crippen LogP contribution in [0, 0.1) is 11.3 Å². The molecule has 0 saturated heterocycles. The molecular weight excluding hydrogens is 316 g/mol. The predicted octanol–water partition coefficient (Wildman–Crippen LogP) is 3.27. The third kappa shape index (κ3) is 3.92. The topological polar surface area (TPSA) is 62.6 Å². The van der Waals surface area contributed by atoms with Gasteiger partial charge in [-0.25, -0.2) is 0 Å². The molecule has 0 atom stereocenters. The fourth-order valence-corrected chi connectivity index (χ4v) is 2.77. The van der Waals surface area contributed by atoms with Gasteiger partial charge < -0.3 is 14.4 Å². The lowest BCUT2D eigenvalue weighted by molar-refractivity contribution is -0.132. The van der Waals surface area contributed by atoms with Crippen LogP contribution in [0.15, 0.2) is 42.5 Å². The van der Waals surface area contributed by atoms with Gasteiger partial charge in [-0.1, -0.05) is 18.2 Å². The number of carbonyl (C=O) groups is 1. The number of hydrogen-bond acceptors (Lipinski definition) is 4. The Balaban J connectivity index is 1.71. The fraction of sp³-hybridized carbons (Fsp3) is 0.300. The normalized spacial score (nSPS) is 12.1. The van der Waals surface area contributed by atoms with Crippen molar-refractivity contribution in [1.82, 2.24) is 4.90 Å². The number of ether oxygens (including phenoxy) is 2. The molecule has 1 aliphatic rings. The summed E-state index contributed by atoms with van der Waals surface area (Å²) < 4.78 is 10.7. The van der Waals surface area contributed by atoms with E-state index >= 15 is 0 Å². The second-order valence-corrected chi connectivity index (χ2v) is 6.29. The van der Waals surface area contributed by atoms with Gasteiger partial charge in [0.15, 0.2) is 11.5 Å². The number of hydrogen-bond donors (Lipinski definition) is 0. The van der Waals surface area contributed by atoms with Crippen LogP contribution < -0.4 is 9.47 Å². The van der Waals surface area contributed by atoms with E-state index < -0.39 is 0 Å². The minimum atomic E-state index is 0.0539. The van der Waals surface area contributed by atoms with Crippen LogP contribution in [0.4, 0.5) is 0 Å². The highest BCUT2D eigenvalue weighted by Gasteiger charge is 2.20. The monoisotopic (exact) mass is 336 g/mol. The van der Waals surface area contributed by atoms with Crippen LogP contribution in [-0.4, -0.2) is 23.6 Å². The third-order valence-corrected chi connectivity index (χ3v) is 4.17. The van der Waals surface area contributed by atoms with Gasteiger partial charge in [0.05, 0.1) is 18.1 Å². The fourth-order valence-electron chi connectivity index (χ4n) is 2.77. The lowest BCUT2D eigenvalue weighted by Gasteiger charge is -2.27. The predicted molar refractivity (Wildman–Crippen MR) is 93.1 cm³/mol. The number of rotatable bonds is 5. The zero-order valence-electron chi connectivity index (χ0n) is 14.4. The molecule has 0 unspecified atom stereocenters. The van der Waals surface area contributed by atoms with Gasteiger partial charge in [-0.05, 0) is 49.2 Å². The van der Waals surface area contributed by atoms with Crippen LogP contribution >= 0.6 is 0 Å². The molecule has 0 aliphatic carbocycles. The highest BCUT2D eigenvalue weighted by molar-refractivity contribution is 5.79. The smallest absolute Gasteiger partial charge is 0.231 e. The van der Waals surface area contributed by atoms with E-state index in [0.717, 1.165) is 16.9 Å². The first-order chi connectivity index (χ1) is 12.1. The van der Waals surface area contributed by atoms with Crippen LogP contribution in [0.25, 0.3) is 0 Å². The second kappa shape index (κ2) is 7.27. The van der Waals surface area contributed by atoms with Crippen LogP contribution in [0.5, 0.6) is 11.5 Å². The molecule has 2 aromatic rings. The Morgan fingerprint density at radius 2 is 1.80 bits per heavy atom. The number of nitrogens with zero attached hydrogens (tertiary/aromatic N) is 2. The van der Waals surface area contributed by atoms with E-state index in [2.05, 4.69) is 6.07 Å². The van der Waals surface area contributed by atoms with Gasteiger partial charge in [-0.3, -0.25) is 4.79 Å². The Hall–Kier alpha value is -3.00. The van der Waals surface area contributed by atoms with Crippen LogP contribution in [0.3, 0.4) is 0 Å². The van der Waals surface area contributed by atoms with Gasteiger partial charge in [0.2, 0.25) is 12.7 Å². The summed E-state index contributed by atoms with van der Waals surface area (Å²) in [7, 11) is 0. The van der Waals surface area contributed by atoms with Crippen molar-refractivity contribution in [2.45, 2.75) is 32.9 Å². The summed E-state index contributed by atoms with van der Waals surface area (Å²) in [5.41, 5.74) is 2.53. The Labute approximate surface area is 147 Å². The molecule has 3 rings (SSSR count). The molecule has 128 valence electrons. The molecule has 0 N–H and O–H groups in total. The molecule has 0 saturated carbocycles. The van der Waals surface area contributed by atoms with E-state index in [1.54, 1.807) is 12.1 Å². The lowest BCUT2D eigenvalue weighted by Crippen LogP contribution is -2.37. The first-order valence-electron chi connectivity index (χ1n) is 8.24.